The SMILES string of the molecule is Cl.NC1(N)C=CC=CC1. The highest BCUT2D eigenvalue weighted by molar-refractivity contribution is 5.85. The maximum atomic E-state index is 5.52. The van der Waals surface area contributed by atoms with Crippen molar-refractivity contribution < 1.29 is 0 Å². The number of halogens is 1. The first-order valence-electron chi connectivity index (χ1n) is 2.63. The summed E-state index contributed by atoms with van der Waals surface area (Å²) in [5.41, 5.74) is 10.4. The van der Waals surface area contributed by atoms with Gasteiger partial charge in [-0.05, 0) is 0 Å². The Hall–Kier alpha value is -0.310. The number of hydrogen-bond donors (Lipinski definition) is 2. The highest BCUT2D eigenvalue weighted by Gasteiger charge is 2.12. The molecule has 3 heteroatoms. The lowest BCUT2D eigenvalue weighted by atomic mass is 10.0. The molecule has 0 saturated heterocycles. The fourth-order valence-electron chi connectivity index (χ4n) is 0.653. The number of nitrogens with two attached hydrogens (primary N) is 2. The van der Waals surface area contributed by atoms with Crippen LogP contribution in [0.3, 0.4) is 0 Å². The van der Waals surface area contributed by atoms with Gasteiger partial charge in [0.25, 0.3) is 0 Å². The zero-order valence-electron chi connectivity index (χ0n) is 5.08. The molecule has 0 aromatic rings. The number of rotatable bonds is 0. The molecule has 0 saturated carbocycles. The highest BCUT2D eigenvalue weighted by Crippen LogP contribution is 2.06. The zero-order valence-corrected chi connectivity index (χ0v) is 5.90. The van der Waals surface area contributed by atoms with E-state index in [-0.39, 0.29) is 12.4 Å². The summed E-state index contributed by atoms with van der Waals surface area (Å²) in [6, 6.07) is 0. The molecule has 0 aromatic heterocycles. The van der Waals surface area contributed by atoms with Crippen molar-refractivity contribution in [2.75, 3.05) is 0 Å². The van der Waals surface area contributed by atoms with Crippen LogP contribution < -0.4 is 11.5 Å². The molecular weight excluding hydrogens is 136 g/mol. The highest BCUT2D eigenvalue weighted by atomic mass is 35.5. The Labute approximate surface area is 61.0 Å². The van der Waals surface area contributed by atoms with Crippen molar-refractivity contribution in [3.8, 4) is 0 Å². The lowest BCUT2D eigenvalue weighted by molar-refractivity contribution is 0.557. The molecule has 0 unspecified atom stereocenters. The minimum atomic E-state index is -0.589. The maximum Gasteiger partial charge on any atom is 0.0866 e. The third kappa shape index (κ3) is 2.65. The van der Waals surface area contributed by atoms with E-state index >= 15 is 0 Å². The molecule has 0 spiro atoms. The van der Waals surface area contributed by atoms with Crippen LogP contribution in [0.15, 0.2) is 24.3 Å². The molecule has 1 aliphatic rings. The van der Waals surface area contributed by atoms with Crippen LogP contribution in [0.2, 0.25) is 0 Å². The van der Waals surface area contributed by atoms with E-state index in [2.05, 4.69) is 0 Å². The van der Waals surface area contributed by atoms with E-state index in [9.17, 15) is 0 Å². The average Bonchev–Trinajstić information content (AvgIpc) is 1.65. The summed E-state index contributed by atoms with van der Waals surface area (Å²) in [6.07, 6.45) is 8.30. The summed E-state index contributed by atoms with van der Waals surface area (Å²) in [5.74, 6) is 0. The first-order valence-corrected chi connectivity index (χ1v) is 2.63. The second kappa shape index (κ2) is 3.01. The largest absolute Gasteiger partial charge is 0.310 e. The van der Waals surface area contributed by atoms with E-state index < -0.39 is 5.66 Å². The van der Waals surface area contributed by atoms with E-state index in [0.717, 1.165) is 6.42 Å². The molecule has 1 aliphatic carbocycles. The summed E-state index contributed by atoms with van der Waals surface area (Å²) in [4.78, 5) is 0. The molecule has 9 heavy (non-hydrogen) atoms. The van der Waals surface area contributed by atoms with Crippen LogP contribution in [0, 0.1) is 0 Å². The van der Waals surface area contributed by atoms with Gasteiger partial charge in [-0.2, -0.15) is 0 Å². The van der Waals surface area contributed by atoms with E-state index in [1.807, 2.05) is 18.2 Å². The molecule has 0 atom stereocenters. The Kier molecular flexibility index (Phi) is 2.91. The van der Waals surface area contributed by atoms with Gasteiger partial charge in [0.1, 0.15) is 0 Å². The standard InChI is InChI=1S/C6H10N2.ClH/c7-6(8)4-2-1-3-5-6;/h1-4H,5,7-8H2;1H. The van der Waals surface area contributed by atoms with E-state index in [1.54, 1.807) is 6.08 Å². The van der Waals surface area contributed by atoms with Gasteiger partial charge in [-0.1, -0.05) is 24.3 Å². The quantitative estimate of drug-likeness (QED) is 0.490. The van der Waals surface area contributed by atoms with Gasteiger partial charge in [-0.3, -0.25) is 0 Å². The van der Waals surface area contributed by atoms with Crippen molar-refractivity contribution >= 4 is 12.4 Å². The average molecular weight is 147 g/mol. The molecule has 0 radical (unpaired) electrons. The van der Waals surface area contributed by atoms with Crippen LogP contribution >= 0.6 is 12.4 Å². The predicted octanol–water partition coefficient (Wildman–Crippen LogP) is 0.538. The Morgan fingerprint density at radius 2 is 1.89 bits per heavy atom. The van der Waals surface area contributed by atoms with Gasteiger partial charge in [0.05, 0.1) is 5.66 Å². The Morgan fingerprint density at radius 3 is 2.11 bits per heavy atom. The van der Waals surface area contributed by atoms with Crippen molar-refractivity contribution in [1.29, 1.82) is 0 Å². The monoisotopic (exact) mass is 146 g/mol. The third-order valence-electron chi connectivity index (χ3n) is 1.13. The van der Waals surface area contributed by atoms with E-state index in [0.29, 0.717) is 0 Å². The van der Waals surface area contributed by atoms with Crippen LogP contribution in [0.25, 0.3) is 0 Å². The Bertz CT molecular complexity index is 138. The van der Waals surface area contributed by atoms with Gasteiger partial charge in [0.2, 0.25) is 0 Å². The maximum absolute atomic E-state index is 5.52. The van der Waals surface area contributed by atoms with Gasteiger partial charge in [-0.25, -0.2) is 0 Å². The predicted molar refractivity (Wildman–Crippen MR) is 41.3 cm³/mol. The van der Waals surface area contributed by atoms with Crippen LogP contribution in [-0.2, 0) is 0 Å². The lowest BCUT2D eigenvalue weighted by Crippen LogP contribution is -2.47. The smallest absolute Gasteiger partial charge is 0.0866 e. The number of allylic oxidation sites excluding steroid dienone is 2. The normalized spacial score (nSPS) is 21.1. The van der Waals surface area contributed by atoms with Gasteiger partial charge in [0, 0.05) is 6.42 Å². The van der Waals surface area contributed by atoms with E-state index in [4.69, 9.17) is 11.5 Å². The van der Waals surface area contributed by atoms with Crippen LogP contribution in [0.1, 0.15) is 6.42 Å². The van der Waals surface area contributed by atoms with Crippen molar-refractivity contribution in [2.45, 2.75) is 12.1 Å². The molecule has 0 amide bonds. The van der Waals surface area contributed by atoms with Gasteiger partial charge in [0.15, 0.2) is 0 Å². The number of hydrogen-bond acceptors (Lipinski definition) is 2. The second-order valence-electron chi connectivity index (χ2n) is 2.10. The summed E-state index contributed by atoms with van der Waals surface area (Å²) in [6.45, 7) is 0. The molecule has 1 rings (SSSR count). The summed E-state index contributed by atoms with van der Waals surface area (Å²) >= 11 is 0. The first kappa shape index (κ1) is 8.69. The van der Waals surface area contributed by atoms with Gasteiger partial charge >= 0.3 is 0 Å². The van der Waals surface area contributed by atoms with E-state index in [1.165, 1.54) is 0 Å². The van der Waals surface area contributed by atoms with Crippen molar-refractivity contribution in [3.05, 3.63) is 24.3 Å². The minimum Gasteiger partial charge on any atom is -0.310 e. The lowest BCUT2D eigenvalue weighted by Gasteiger charge is -2.19. The Morgan fingerprint density at radius 1 is 1.22 bits per heavy atom. The molecule has 4 N–H and O–H groups in total. The van der Waals surface area contributed by atoms with Crippen molar-refractivity contribution in [3.63, 3.8) is 0 Å². The summed E-state index contributed by atoms with van der Waals surface area (Å²) in [7, 11) is 0. The van der Waals surface area contributed by atoms with Crippen LogP contribution in [-0.4, -0.2) is 5.66 Å². The molecule has 52 valence electrons. The molecule has 0 aliphatic heterocycles. The van der Waals surface area contributed by atoms with Crippen LogP contribution in [0.4, 0.5) is 0 Å². The summed E-state index contributed by atoms with van der Waals surface area (Å²) in [5, 5.41) is 0. The molecule has 0 fully saturated rings. The molecule has 0 bridgehead atoms. The molecule has 0 heterocycles. The zero-order chi connectivity index (χ0) is 6.04. The van der Waals surface area contributed by atoms with Gasteiger partial charge in [-0.15, -0.1) is 12.4 Å². The molecule has 2 nitrogen and oxygen atoms in total. The second-order valence-corrected chi connectivity index (χ2v) is 2.10. The first-order chi connectivity index (χ1) is 3.71. The van der Waals surface area contributed by atoms with Crippen LogP contribution in [0.5, 0.6) is 0 Å². The topological polar surface area (TPSA) is 52.0 Å². The Balaban J connectivity index is 0.000000640. The molecule has 0 aromatic carbocycles. The summed E-state index contributed by atoms with van der Waals surface area (Å²) < 4.78 is 0. The fourth-order valence-corrected chi connectivity index (χ4v) is 0.653. The van der Waals surface area contributed by atoms with Gasteiger partial charge < -0.3 is 11.5 Å². The fraction of sp³-hybridized carbons (Fsp3) is 0.333. The van der Waals surface area contributed by atoms with Crippen molar-refractivity contribution in [2.24, 2.45) is 11.5 Å². The molecular formula is C6H11ClN2. The van der Waals surface area contributed by atoms with Crippen molar-refractivity contribution in [1.82, 2.24) is 0 Å². The third-order valence-corrected chi connectivity index (χ3v) is 1.13. The minimum absolute atomic E-state index is 0.